The number of aromatic nitrogens is 4. The van der Waals surface area contributed by atoms with E-state index < -0.39 is 0 Å². The first-order valence-corrected chi connectivity index (χ1v) is 7.82. The van der Waals surface area contributed by atoms with Crippen LogP contribution < -0.4 is 20.1 Å². The summed E-state index contributed by atoms with van der Waals surface area (Å²) in [6.07, 6.45) is 5.11. The lowest BCUT2D eigenvalue weighted by Gasteiger charge is -2.08. The number of hydrogen-bond donors (Lipinski definition) is 2. The number of benzene rings is 1. The molecule has 0 unspecified atom stereocenters. The Morgan fingerprint density at radius 2 is 1.76 bits per heavy atom. The number of anilines is 2. The van der Waals surface area contributed by atoms with Crippen molar-refractivity contribution in [2.24, 2.45) is 0 Å². The molecular formula is C17H16N6O2. The van der Waals surface area contributed by atoms with Crippen molar-refractivity contribution in [3.05, 3.63) is 60.0 Å². The molecule has 2 N–H and O–H groups in total. The molecule has 126 valence electrons. The van der Waals surface area contributed by atoms with Gasteiger partial charge in [-0.1, -0.05) is 6.07 Å². The highest BCUT2D eigenvalue weighted by molar-refractivity contribution is 5.45. The van der Waals surface area contributed by atoms with Crippen LogP contribution in [0.2, 0.25) is 0 Å². The van der Waals surface area contributed by atoms with E-state index in [0.29, 0.717) is 24.9 Å². The van der Waals surface area contributed by atoms with Crippen molar-refractivity contribution in [3.8, 4) is 11.5 Å². The van der Waals surface area contributed by atoms with E-state index in [1.807, 2.05) is 30.3 Å². The van der Waals surface area contributed by atoms with Crippen LogP contribution in [0.25, 0.3) is 0 Å². The predicted molar refractivity (Wildman–Crippen MR) is 91.3 cm³/mol. The van der Waals surface area contributed by atoms with Crippen molar-refractivity contribution in [1.29, 1.82) is 0 Å². The highest BCUT2D eigenvalue weighted by Gasteiger charge is 2.13. The normalized spacial score (nSPS) is 12.0. The summed E-state index contributed by atoms with van der Waals surface area (Å²) in [4.78, 5) is 8.40. The van der Waals surface area contributed by atoms with Crippen molar-refractivity contribution in [2.45, 2.75) is 13.1 Å². The van der Waals surface area contributed by atoms with Crippen LogP contribution in [0.4, 0.5) is 11.8 Å². The van der Waals surface area contributed by atoms with Crippen LogP contribution in [-0.4, -0.2) is 27.0 Å². The molecular weight excluding hydrogens is 320 g/mol. The van der Waals surface area contributed by atoms with Gasteiger partial charge in [-0.3, -0.25) is 4.98 Å². The molecule has 0 aliphatic carbocycles. The van der Waals surface area contributed by atoms with Crippen molar-refractivity contribution >= 4 is 11.8 Å². The average molecular weight is 336 g/mol. The fraction of sp³-hybridized carbons (Fsp3) is 0.176. The third-order valence-electron chi connectivity index (χ3n) is 3.67. The molecule has 0 saturated heterocycles. The zero-order valence-corrected chi connectivity index (χ0v) is 13.3. The molecule has 3 heterocycles. The van der Waals surface area contributed by atoms with Gasteiger partial charge in [-0.05, 0) is 35.4 Å². The predicted octanol–water partition coefficient (Wildman–Crippen LogP) is 2.22. The van der Waals surface area contributed by atoms with E-state index in [0.717, 1.165) is 22.6 Å². The summed E-state index contributed by atoms with van der Waals surface area (Å²) in [6, 6.07) is 9.69. The molecule has 2 aromatic heterocycles. The summed E-state index contributed by atoms with van der Waals surface area (Å²) in [5, 5.41) is 14.4. The summed E-state index contributed by atoms with van der Waals surface area (Å²) >= 11 is 0. The Labute approximate surface area is 144 Å². The lowest BCUT2D eigenvalue weighted by molar-refractivity contribution is 0.174. The average Bonchev–Trinajstić information content (AvgIpc) is 3.14. The molecule has 1 aliphatic heterocycles. The van der Waals surface area contributed by atoms with E-state index in [1.165, 1.54) is 0 Å². The highest BCUT2D eigenvalue weighted by Crippen LogP contribution is 2.32. The fourth-order valence-corrected chi connectivity index (χ4v) is 2.39. The topological polar surface area (TPSA) is 94.1 Å². The molecule has 4 rings (SSSR count). The molecule has 0 radical (unpaired) electrons. The van der Waals surface area contributed by atoms with Crippen LogP contribution >= 0.6 is 0 Å². The number of hydrogen-bond acceptors (Lipinski definition) is 8. The minimum Gasteiger partial charge on any atom is -0.454 e. The van der Waals surface area contributed by atoms with Crippen molar-refractivity contribution in [3.63, 3.8) is 0 Å². The maximum atomic E-state index is 5.38. The summed E-state index contributed by atoms with van der Waals surface area (Å²) < 4.78 is 10.7. The van der Waals surface area contributed by atoms with Crippen LogP contribution in [0.1, 0.15) is 11.1 Å². The molecule has 0 saturated carbocycles. The summed E-state index contributed by atoms with van der Waals surface area (Å²) in [5.74, 6) is 2.63. The van der Waals surface area contributed by atoms with Crippen LogP contribution in [0.5, 0.6) is 11.5 Å². The van der Waals surface area contributed by atoms with Crippen LogP contribution in [0.3, 0.4) is 0 Å². The molecule has 0 amide bonds. The van der Waals surface area contributed by atoms with E-state index in [2.05, 4.69) is 30.8 Å². The van der Waals surface area contributed by atoms with E-state index in [1.54, 1.807) is 18.6 Å². The quantitative estimate of drug-likeness (QED) is 0.708. The maximum absolute atomic E-state index is 5.38. The molecule has 25 heavy (non-hydrogen) atoms. The second-order valence-corrected chi connectivity index (χ2v) is 5.42. The van der Waals surface area contributed by atoms with Gasteiger partial charge < -0.3 is 20.1 Å². The van der Waals surface area contributed by atoms with Gasteiger partial charge in [0.2, 0.25) is 12.7 Å². The number of ether oxygens (including phenoxy) is 2. The first-order valence-electron chi connectivity index (χ1n) is 7.82. The molecule has 8 nitrogen and oxygen atoms in total. The Balaban J connectivity index is 1.36. The van der Waals surface area contributed by atoms with Gasteiger partial charge in [0.25, 0.3) is 0 Å². The zero-order chi connectivity index (χ0) is 16.9. The number of pyridine rings is 1. The van der Waals surface area contributed by atoms with Gasteiger partial charge in [-0.15, -0.1) is 5.10 Å². The Kier molecular flexibility index (Phi) is 4.23. The van der Waals surface area contributed by atoms with Gasteiger partial charge >= 0.3 is 0 Å². The van der Waals surface area contributed by atoms with E-state index in [9.17, 15) is 0 Å². The summed E-state index contributed by atoms with van der Waals surface area (Å²) in [6.45, 7) is 1.47. The molecule has 1 aromatic carbocycles. The van der Waals surface area contributed by atoms with Gasteiger partial charge in [0.1, 0.15) is 0 Å². The van der Waals surface area contributed by atoms with Gasteiger partial charge in [0.15, 0.2) is 17.3 Å². The Morgan fingerprint density at radius 1 is 0.920 bits per heavy atom. The third kappa shape index (κ3) is 3.74. The Bertz CT molecular complexity index is 859. The lowest BCUT2D eigenvalue weighted by atomic mass is 10.2. The SMILES string of the molecule is c1cc(CNc2cnnc(NCc3ccc4c(c3)OCO4)n2)ccn1. The first-order chi connectivity index (χ1) is 12.4. The first kappa shape index (κ1) is 15.1. The number of nitrogens with zero attached hydrogens (tertiary/aromatic N) is 4. The van der Waals surface area contributed by atoms with Crippen molar-refractivity contribution in [2.75, 3.05) is 17.4 Å². The molecule has 0 fully saturated rings. The second kappa shape index (κ2) is 7.00. The van der Waals surface area contributed by atoms with Crippen molar-refractivity contribution < 1.29 is 9.47 Å². The van der Waals surface area contributed by atoms with Gasteiger partial charge in [-0.25, -0.2) is 0 Å². The molecule has 0 spiro atoms. The zero-order valence-electron chi connectivity index (χ0n) is 13.3. The summed E-state index contributed by atoms with van der Waals surface area (Å²) in [5.41, 5.74) is 2.16. The van der Waals surface area contributed by atoms with Gasteiger partial charge in [-0.2, -0.15) is 10.1 Å². The summed E-state index contributed by atoms with van der Waals surface area (Å²) in [7, 11) is 0. The lowest BCUT2D eigenvalue weighted by Crippen LogP contribution is -2.08. The monoisotopic (exact) mass is 336 g/mol. The third-order valence-corrected chi connectivity index (χ3v) is 3.67. The minimum atomic E-state index is 0.268. The van der Waals surface area contributed by atoms with E-state index in [4.69, 9.17) is 9.47 Å². The Hall–Kier alpha value is -3.42. The largest absolute Gasteiger partial charge is 0.454 e. The fourth-order valence-electron chi connectivity index (χ4n) is 2.39. The van der Waals surface area contributed by atoms with Gasteiger partial charge in [0.05, 0.1) is 6.20 Å². The number of fused-ring (bicyclic) bond motifs is 1. The van der Waals surface area contributed by atoms with Crippen LogP contribution in [-0.2, 0) is 13.1 Å². The number of rotatable bonds is 6. The number of nitrogens with one attached hydrogen (secondary N) is 2. The molecule has 8 heteroatoms. The smallest absolute Gasteiger partial charge is 0.244 e. The molecule has 0 atom stereocenters. The molecule has 0 bridgehead atoms. The van der Waals surface area contributed by atoms with E-state index >= 15 is 0 Å². The Morgan fingerprint density at radius 3 is 2.68 bits per heavy atom. The minimum absolute atomic E-state index is 0.268. The van der Waals surface area contributed by atoms with Crippen LogP contribution in [0.15, 0.2) is 48.9 Å². The molecule has 1 aliphatic rings. The molecule has 3 aromatic rings. The standard InChI is InChI=1S/C17H16N6O2/c1-2-14-15(25-11-24-14)7-13(1)9-20-17-22-16(10-21-23-17)19-8-12-3-5-18-6-4-12/h1-7,10H,8-9,11H2,(H2,19,20,22,23). The van der Waals surface area contributed by atoms with E-state index in [-0.39, 0.29) is 6.79 Å². The second-order valence-electron chi connectivity index (χ2n) is 5.42. The highest BCUT2D eigenvalue weighted by atomic mass is 16.7. The van der Waals surface area contributed by atoms with Crippen LogP contribution in [0, 0.1) is 0 Å². The maximum Gasteiger partial charge on any atom is 0.244 e. The van der Waals surface area contributed by atoms with Crippen molar-refractivity contribution in [1.82, 2.24) is 20.2 Å². The van der Waals surface area contributed by atoms with Gasteiger partial charge in [0, 0.05) is 25.5 Å².